The molecule has 0 atom stereocenters. The summed E-state index contributed by atoms with van der Waals surface area (Å²) in [4.78, 5) is 2.45. The quantitative estimate of drug-likeness (QED) is 0.812. The Labute approximate surface area is 105 Å². The molecule has 1 N–H and O–H groups in total. The van der Waals surface area contributed by atoms with Gasteiger partial charge in [-0.3, -0.25) is 0 Å². The third kappa shape index (κ3) is 4.27. The minimum absolute atomic E-state index is 0.939. The van der Waals surface area contributed by atoms with E-state index < -0.39 is 0 Å². The highest BCUT2D eigenvalue weighted by molar-refractivity contribution is 7.99. The molecular formula is C13H26N2S. The number of hydrogen-bond acceptors (Lipinski definition) is 3. The largest absolute Gasteiger partial charge is 0.316 e. The second-order valence-corrected chi connectivity index (χ2v) is 6.69. The second-order valence-electron chi connectivity index (χ2n) is 5.46. The molecule has 0 aromatic carbocycles. The molecule has 2 heterocycles. The van der Waals surface area contributed by atoms with E-state index in [4.69, 9.17) is 0 Å². The average molecular weight is 242 g/mol. The molecule has 0 amide bonds. The lowest BCUT2D eigenvalue weighted by Gasteiger charge is -2.30. The molecule has 0 aromatic heterocycles. The van der Waals surface area contributed by atoms with E-state index in [9.17, 15) is 0 Å². The number of thioether (sulfide) groups is 1. The third-order valence-electron chi connectivity index (χ3n) is 4.05. The van der Waals surface area contributed by atoms with Gasteiger partial charge in [-0.1, -0.05) is 0 Å². The number of likely N-dealkylation sites (tertiary alicyclic amines) is 1. The van der Waals surface area contributed by atoms with Gasteiger partial charge >= 0.3 is 0 Å². The lowest BCUT2D eigenvalue weighted by atomic mass is 9.96. The van der Waals surface area contributed by atoms with Crippen molar-refractivity contribution in [3.63, 3.8) is 0 Å². The highest BCUT2D eigenvalue weighted by atomic mass is 32.2. The van der Waals surface area contributed by atoms with Crippen molar-refractivity contribution in [2.45, 2.75) is 25.7 Å². The molecule has 16 heavy (non-hydrogen) atoms. The van der Waals surface area contributed by atoms with Gasteiger partial charge in [0.15, 0.2) is 0 Å². The van der Waals surface area contributed by atoms with Crippen LogP contribution in [-0.4, -0.2) is 49.6 Å². The summed E-state index contributed by atoms with van der Waals surface area (Å²) in [6, 6.07) is 0. The molecule has 0 aromatic rings. The molecule has 0 aliphatic carbocycles. The van der Waals surface area contributed by atoms with Crippen LogP contribution < -0.4 is 5.32 Å². The Hall–Kier alpha value is 0.270. The predicted octanol–water partition coefficient (Wildman–Crippen LogP) is 2.06. The van der Waals surface area contributed by atoms with E-state index >= 15 is 0 Å². The molecule has 0 unspecified atom stereocenters. The zero-order valence-electron chi connectivity index (χ0n) is 10.6. The van der Waals surface area contributed by atoms with Crippen LogP contribution in [0.25, 0.3) is 0 Å². The van der Waals surface area contributed by atoms with Gasteiger partial charge in [-0.15, -0.1) is 0 Å². The highest BCUT2D eigenvalue weighted by Gasteiger charge is 2.17. The number of nitrogens with zero attached hydrogens (tertiary/aromatic N) is 1. The summed E-state index contributed by atoms with van der Waals surface area (Å²) < 4.78 is 0. The maximum absolute atomic E-state index is 3.71. The zero-order valence-corrected chi connectivity index (χ0v) is 11.4. The lowest BCUT2D eigenvalue weighted by molar-refractivity contribution is 0.214. The topological polar surface area (TPSA) is 15.3 Å². The third-order valence-corrected chi connectivity index (χ3v) is 5.09. The van der Waals surface area contributed by atoms with Gasteiger partial charge in [0, 0.05) is 0 Å². The Morgan fingerprint density at radius 3 is 2.19 bits per heavy atom. The number of piperidine rings is 1. The van der Waals surface area contributed by atoms with Crippen LogP contribution >= 0.6 is 11.8 Å². The van der Waals surface area contributed by atoms with E-state index in [1.807, 2.05) is 0 Å². The number of rotatable bonds is 4. The molecule has 2 aliphatic heterocycles. The number of hydrogen-bond donors (Lipinski definition) is 1. The van der Waals surface area contributed by atoms with Gasteiger partial charge in [0.25, 0.3) is 0 Å². The van der Waals surface area contributed by atoms with Crippen molar-refractivity contribution in [1.29, 1.82) is 0 Å². The van der Waals surface area contributed by atoms with Gasteiger partial charge in [0.1, 0.15) is 0 Å². The fourth-order valence-electron chi connectivity index (χ4n) is 2.71. The van der Waals surface area contributed by atoms with Crippen LogP contribution in [0, 0.1) is 11.8 Å². The van der Waals surface area contributed by atoms with E-state index in [0.717, 1.165) is 11.8 Å². The first-order valence-electron chi connectivity index (χ1n) is 6.81. The first-order chi connectivity index (χ1) is 7.84. The molecule has 2 fully saturated rings. The van der Waals surface area contributed by atoms with Crippen LogP contribution in [0.4, 0.5) is 0 Å². The minimum atomic E-state index is 0.939. The standard InChI is InChI=1S/C13H26N2S/c1-15-6-2-12(3-7-15)10-14-11-13-4-8-16-9-5-13/h12-14H,2-11H2,1H3. The van der Waals surface area contributed by atoms with Crippen molar-refractivity contribution in [3.05, 3.63) is 0 Å². The molecule has 0 bridgehead atoms. The van der Waals surface area contributed by atoms with Crippen LogP contribution in [-0.2, 0) is 0 Å². The van der Waals surface area contributed by atoms with Crippen LogP contribution in [0.15, 0.2) is 0 Å². The Kier molecular flexibility index (Phi) is 5.46. The second kappa shape index (κ2) is 6.87. The van der Waals surface area contributed by atoms with Crippen LogP contribution in [0.5, 0.6) is 0 Å². The Morgan fingerprint density at radius 1 is 1.00 bits per heavy atom. The molecule has 0 radical (unpaired) electrons. The van der Waals surface area contributed by atoms with E-state index in [1.54, 1.807) is 0 Å². The first-order valence-corrected chi connectivity index (χ1v) is 7.97. The summed E-state index contributed by atoms with van der Waals surface area (Å²) in [6.07, 6.45) is 5.66. The monoisotopic (exact) mass is 242 g/mol. The molecule has 0 saturated carbocycles. The van der Waals surface area contributed by atoms with Crippen LogP contribution in [0.3, 0.4) is 0 Å². The Morgan fingerprint density at radius 2 is 1.56 bits per heavy atom. The Balaban J connectivity index is 1.53. The molecule has 3 heteroatoms. The van der Waals surface area contributed by atoms with Crippen molar-refractivity contribution in [2.24, 2.45) is 11.8 Å². The predicted molar refractivity (Wildman–Crippen MR) is 73.1 cm³/mol. The van der Waals surface area contributed by atoms with Gasteiger partial charge in [-0.25, -0.2) is 0 Å². The maximum atomic E-state index is 3.71. The zero-order chi connectivity index (χ0) is 11.2. The fraction of sp³-hybridized carbons (Fsp3) is 1.00. The van der Waals surface area contributed by atoms with Crippen LogP contribution in [0.2, 0.25) is 0 Å². The van der Waals surface area contributed by atoms with Gasteiger partial charge in [-0.05, 0) is 82.3 Å². The van der Waals surface area contributed by atoms with E-state index in [1.165, 1.54) is 63.4 Å². The summed E-state index contributed by atoms with van der Waals surface area (Å²) in [5.74, 6) is 4.68. The normalized spacial score (nSPS) is 26.1. The van der Waals surface area contributed by atoms with Crippen molar-refractivity contribution < 1.29 is 0 Å². The smallest absolute Gasteiger partial charge is 0.00187 e. The molecule has 2 rings (SSSR count). The van der Waals surface area contributed by atoms with Crippen molar-refractivity contribution in [3.8, 4) is 0 Å². The molecule has 2 aliphatic rings. The average Bonchev–Trinajstić information content (AvgIpc) is 2.33. The minimum Gasteiger partial charge on any atom is -0.316 e. The SMILES string of the molecule is CN1CCC(CNCC2CCSCC2)CC1. The van der Waals surface area contributed by atoms with E-state index in [0.29, 0.717) is 0 Å². The lowest BCUT2D eigenvalue weighted by Crippen LogP contribution is -2.36. The van der Waals surface area contributed by atoms with Crippen molar-refractivity contribution in [1.82, 2.24) is 10.2 Å². The summed E-state index contributed by atoms with van der Waals surface area (Å²) in [5, 5.41) is 3.71. The van der Waals surface area contributed by atoms with E-state index in [-0.39, 0.29) is 0 Å². The first kappa shape index (κ1) is 12.7. The maximum Gasteiger partial charge on any atom is -0.00187 e. The van der Waals surface area contributed by atoms with Gasteiger partial charge in [0.05, 0.1) is 0 Å². The summed E-state index contributed by atoms with van der Waals surface area (Å²) in [5.41, 5.74) is 0. The van der Waals surface area contributed by atoms with Gasteiger partial charge < -0.3 is 10.2 Å². The number of nitrogens with one attached hydrogen (secondary N) is 1. The Bertz CT molecular complexity index is 184. The van der Waals surface area contributed by atoms with Crippen molar-refractivity contribution in [2.75, 3.05) is 44.7 Å². The molecule has 0 spiro atoms. The van der Waals surface area contributed by atoms with E-state index in [2.05, 4.69) is 29.0 Å². The highest BCUT2D eigenvalue weighted by Crippen LogP contribution is 2.22. The summed E-state index contributed by atoms with van der Waals surface area (Å²) in [6.45, 7) is 5.13. The molecular weight excluding hydrogens is 216 g/mol. The van der Waals surface area contributed by atoms with Crippen LogP contribution in [0.1, 0.15) is 25.7 Å². The molecule has 2 nitrogen and oxygen atoms in total. The van der Waals surface area contributed by atoms with Gasteiger partial charge in [0.2, 0.25) is 0 Å². The summed E-state index contributed by atoms with van der Waals surface area (Å²) in [7, 11) is 2.24. The van der Waals surface area contributed by atoms with Gasteiger partial charge in [-0.2, -0.15) is 11.8 Å². The van der Waals surface area contributed by atoms with Crippen molar-refractivity contribution >= 4 is 11.8 Å². The fourth-order valence-corrected chi connectivity index (χ4v) is 3.91. The molecule has 2 saturated heterocycles. The molecule has 94 valence electrons. The summed E-state index contributed by atoms with van der Waals surface area (Å²) >= 11 is 2.13.